The predicted octanol–water partition coefficient (Wildman–Crippen LogP) is 3.16. The first-order valence-electron chi connectivity index (χ1n) is 12.6. The molecule has 0 atom stereocenters. The molecule has 6 rings (SSSR count). The van der Waals surface area contributed by atoms with Crippen LogP contribution in [0.15, 0.2) is 12.1 Å². The Labute approximate surface area is 199 Å². The van der Waals surface area contributed by atoms with Crippen LogP contribution in [-0.2, 0) is 6.42 Å². The molecule has 9 heteroatoms. The van der Waals surface area contributed by atoms with Gasteiger partial charge in [-0.15, -0.1) is 0 Å². The fraction of sp³-hybridized carbons (Fsp3) is 0.600. The van der Waals surface area contributed by atoms with Crippen molar-refractivity contribution >= 4 is 17.3 Å². The van der Waals surface area contributed by atoms with Gasteiger partial charge < -0.3 is 19.6 Å². The van der Waals surface area contributed by atoms with Gasteiger partial charge in [-0.2, -0.15) is 9.61 Å². The summed E-state index contributed by atoms with van der Waals surface area (Å²) < 4.78 is 7.67. The normalized spacial score (nSPS) is 22.6. The topological polar surface area (TPSA) is 91.9 Å². The van der Waals surface area contributed by atoms with Crippen molar-refractivity contribution < 1.29 is 9.84 Å². The Kier molecular flexibility index (Phi) is 5.51. The quantitative estimate of drug-likeness (QED) is 0.631. The number of rotatable bonds is 4. The largest absolute Gasteiger partial charge is 0.476 e. The second kappa shape index (κ2) is 8.69. The second-order valence-corrected chi connectivity index (χ2v) is 9.90. The van der Waals surface area contributed by atoms with Crippen LogP contribution in [0.5, 0.6) is 5.88 Å². The smallest absolute Gasteiger partial charge is 0.235 e. The molecular formula is C25H33N7O2. The summed E-state index contributed by atoms with van der Waals surface area (Å²) in [7, 11) is 2.15. The highest BCUT2D eigenvalue weighted by Crippen LogP contribution is 2.32. The molecule has 2 aliphatic heterocycles. The van der Waals surface area contributed by atoms with Gasteiger partial charge in [0.15, 0.2) is 5.65 Å². The van der Waals surface area contributed by atoms with Crippen molar-refractivity contribution in [1.29, 1.82) is 0 Å². The van der Waals surface area contributed by atoms with E-state index in [0.29, 0.717) is 18.5 Å². The predicted molar refractivity (Wildman–Crippen MR) is 131 cm³/mol. The van der Waals surface area contributed by atoms with Crippen LogP contribution in [0, 0.1) is 6.92 Å². The molecule has 1 N–H and O–H groups in total. The highest BCUT2D eigenvalue weighted by Gasteiger charge is 2.27. The van der Waals surface area contributed by atoms with Crippen molar-refractivity contribution in [3.05, 3.63) is 23.5 Å². The second-order valence-electron chi connectivity index (χ2n) is 9.90. The minimum absolute atomic E-state index is 0.173. The Morgan fingerprint density at radius 3 is 2.62 bits per heavy atom. The third kappa shape index (κ3) is 3.85. The summed E-state index contributed by atoms with van der Waals surface area (Å²) in [5.74, 6) is 2.70. The molecule has 0 unspecified atom stereocenters. The first-order valence-corrected chi connectivity index (χ1v) is 12.6. The average molecular weight is 464 g/mol. The lowest BCUT2D eigenvalue weighted by Gasteiger charge is -2.34. The molecule has 0 bridgehead atoms. The van der Waals surface area contributed by atoms with Gasteiger partial charge in [-0.05, 0) is 58.3 Å². The molecular weight excluding hydrogens is 430 g/mol. The Hall–Kier alpha value is -2.94. The van der Waals surface area contributed by atoms with Crippen molar-refractivity contribution in [2.24, 2.45) is 0 Å². The maximum Gasteiger partial charge on any atom is 0.235 e. The molecule has 0 amide bonds. The molecule has 3 aromatic rings. The third-order valence-electron chi connectivity index (χ3n) is 7.55. The lowest BCUT2D eigenvalue weighted by molar-refractivity contribution is 0.122. The summed E-state index contributed by atoms with van der Waals surface area (Å²) >= 11 is 0. The number of hydrogen-bond donors (Lipinski definition) is 1. The van der Waals surface area contributed by atoms with Gasteiger partial charge in [0.1, 0.15) is 28.7 Å². The van der Waals surface area contributed by atoms with E-state index >= 15 is 0 Å². The Balaban J connectivity index is 1.44. The van der Waals surface area contributed by atoms with Crippen LogP contribution in [-0.4, -0.2) is 68.6 Å². The van der Waals surface area contributed by atoms with Crippen molar-refractivity contribution in [1.82, 2.24) is 24.6 Å². The SMILES string of the molecule is Cc1nc2c(nc1-c1cc3nc(N4CCCC4)cc(N(C)C4CCC(O)CC4)n3n1)CCCO2. The number of aryl methyl sites for hydroxylation is 2. The maximum atomic E-state index is 10.0. The highest BCUT2D eigenvalue weighted by atomic mass is 16.5. The Morgan fingerprint density at radius 1 is 1.03 bits per heavy atom. The number of ether oxygens (including phenoxy) is 1. The molecule has 1 saturated carbocycles. The summed E-state index contributed by atoms with van der Waals surface area (Å²) in [6, 6.07) is 4.59. The van der Waals surface area contributed by atoms with E-state index < -0.39 is 0 Å². The lowest BCUT2D eigenvalue weighted by Crippen LogP contribution is -2.37. The van der Waals surface area contributed by atoms with Crippen LogP contribution < -0.4 is 14.5 Å². The fourth-order valence-electron chi connectivity index (χ4n) is 5.52. The van der Waals surface area contributed by atoms with Crippen molar-refractivity contribution in [2.45, 2.75) is 70.4 Å². The highest BCUT2D eigenvalue weighted by molar-refractivity contribution is 5.67. The molecule has 0 radical (unpaired) electrons. The molecule has 0 aromatic carbocycles. The zero-order valence-electron chi connectivity index (χ0n) is 20.1. The fourth-order valence-corrected chi connectivity index (χ4v) is 5.52. The zero-order valence-corrected chi connectivity index (χ0v) is 20.1. The first kappa shape index (κ1) is 21.6. The number of anilines is 2. The third-order valence-corrected chi connectivity index (χ3v) is 7.55. The molecule has 3 aliphatic rings. The zero-order chi connectivity index (χ0) is 23.2. The molecule has 3 aromatic heterocycles. The molecule has 9 nitrogen and oxygen atoms in total. The van der Waals surface area contributed by atoms with E-state index in [9.17, 15) is 5.11 Å². The van der Waals surface area contributed by atoms with E-state index in [-0.39, 0.29) is 6.10 Å². The molecule has 34 heavy (non-hydrogen) atoms. The monoisotopic (exact) mass is 463 g/mol. The molecule has 1 aliphatic carbocycles. The standard InChI is InChI=1S/C25H33N7O2/c1-16-24(27-19-6-5-13-34-25(19)26-16)20-14-22-28-21(31-11-3-4-12-31)15-23(32(22)29-20)30(2)17-7-9-18(33)10-8-17/h14-15,17-18,33H,3-13H2,1-2H3. The van der Waals surface area contributed by atoms with Crippen LogP contribution in [0.25, 0.3) is 17.0 Å². The van der Waals surface area contributed by atoms with Crippen molar-refractivity contribution in [3.8, 4) is 17.3 Å². The van der Waals surface area contributed by atoms with Gasteiger partial charge >= 0.3 is 0 Å². The Bertz CT molecular complexity index is 1200. The first-order chi connectivity index (χ1) is 16.6. The van der Waals surface area contributed by atoms with Crippen LogP contribution in [0.1, 0.15) is 56.3 Å². The lowest BCUT2D eigenvalue weighted by atomic mass is 9.92. The van der Waals surface area contributed by atoms with Crippen LogP contribution >= 0.6 is 0 Å². The Morgan fingerprint density at radius 2 is 1.82 bits per heavy atom. The number of aliphatic hydroxyl groups is 1. The van der Waals surface area contributed by atoms with Crippen molar-refractivity contribution in [3.63, 3.8) is 0 Å². The van der Waals surface area contributed by atoms with E-state index in [2.05, 4.69) is 27.9 Å². The summed E-state index contributed by atoms with van der Waals surface area (Å²) in [5, 5.41) is 15.0. The number of hydrogen-bond acceptors (Lipinski definition) is 8. The summed E-state index contributed by atoms with van der Waals surface area (Å²) in [6.07, 6.45) is 7.71. The number of fused-ring (bicyclic) bond motifs is 2. The molecule has 1 saturated heterocycles. The van der Waals surface area contributed by atoms with E-state index in [1.807, 2.05) is 17.5 Å². The number of nitrogens with zero attached hydrogens (tertiary/aromatic N) is 7. The molecule has 5 heterocycles. The van der Waals surface area contributed by atoms with Crippen LogP contribution in [0.2, 0.25) is 0 Å². The molecule has 180 valence electrons. The summed E-state index contributed by atoms with van der Waals surface area (Å²) in [5.41, 5.74) is 4.14. The average Bonchev–Trinajstić information content (AvgIpc) is 3.53. The summed E-state index contributed by atoms with van der Waals surface area (Å²) in [6.45, 7) is 4.75. The van der Waals surface area contributed by atoms with Gasteiger partial charge in [-0.25, -0.2) is 15.0 Å². The summed E-state index contributed by atoms with van der Waals surface area (Å²) in [4.78, 5) is 19.3. The van der Waals surface area contributed by atoms with Gasteiger partial charge in [-0.3, -0.25) is 0 Å². The molecule has 0 spiro atoms. The van der Waals surface area contributed by atoms with E-state index in [4.69, 9.17) is 19.8 Å². The van der Waals surface area contributed by atoms with Gasteiger partial charge in [0.2, 0.25) is 5.88 Å². The van der Waals surface area contributed by atoms with Crippen LogP contribution in [0.4, 0.5) is 11.6 Å². The molecule has 2 fully saturated rings. The van der Waals surface area contributed by atoms with Gasteiger partial charge in [-0.1, -0.05) is 0 Å². The van der Waals surface area contributed by atoms with Gasteiger partial charge in [0.25, 0.3) is 0 Å². The van der Waals surface area contributed by atoms with Crippen molar-refractivity contribution in [2.75, 3.05) is 36.5 Å². The minimum atomic E-state index is -0.173. The maximum absolute atomic E-state index is 10.0. The van der Waals surface area contributed by atoms with Gasteiger partial charge in [0.05, 0.1) is 18.4 Å². The minimum Gasteiger partial charge on any atom is -0.476 e. The van der Waals surface area contributed by atoms with Gasteiger partial charge in [0, 0.05) is 38.3 Å². The number of aromatic nitrogens is 5. The van der Waals surface area contributed by atoms with E-state index in [1.165, 1.54) is 12.8 Å². The number of aliphatic hydroxyl groups excluding tert-OH is 1. The van der Waals surface area contributed by atoms with E-state index in [0.717, 1.165) is 91.7 Å². The van der Waals surface area contributed by atoms with Crippen LogP contribution in [0.3, 0.4) is 0 Å². The van der Waals surface area contributed by atoms with E-state index in [1.54, 1.807) is 0 Å².